The van der Waals surface area contributed by atoms with E-state index in [0.717, 1.165) is 10.8 Å². The average Bonchev–Trinajstić information content (AvgIpc) is 3.18. The smallest absolute Gasteiger partial charge is 0.257 e. The Labute approximate surface area is 198 Å². The average molecular weight is 514 g/mol. The van der Waals surface area contributed by atoms with Crippen LogP contribution in [0.1, 0.15) is 13.3 Å². The zero-order valence-electron chi connectivity index (χ0n) is 17.9. The summed E-state index contributed by atoms with van der Waals surface area (Å²) in [5.74, 6) is -1.14. The number of halogens is 1. The van der Waals surface area contributed by atoms with Crippen molar-refractivity contribution in [3.05, 3.63) is 42.5 Å². The first-order chi connectivity index (χ1) is 15.5. The van der Waals surface area contributed by atoms with Gasteiger partial charge in [-0.3, -0.25) is 9.59 Å². The van der Waals surface area contributed by atoms with Crippen LogP contribution in [0.3, 0.4) is 0 Å². The lowest BCUT2D eigenvalue weighted by Gasteiger charge is -2.32. The van der Waals surface area contributed by atoms with Gasteiger partial charge in [-0.1, -0.05) is 34.2 Å². The molecule has 2 saturated heterocycles. The van der Waals surface area contributed by atoms with Gasteiger partial charge in [0.25, 0.3) is 10.0 Å². The van der Waals surface area contributed by atoms with Gasteiger partial charge >= 0.3 is 0 Å². The van der Waals surface area contributed by atoms with E-state index < -0.39 is 37.9 Å². The molecule has 0 radical (unpaired) electrons. The Kier molecular flexibility index (Phi) is 6.43. The molecule has 2 aliphatic rings. The van der Waals surface area contributed by atoms with Gasteiger partial charge in [0, 0.05) is 19.6 Å². The lowest BCUT2D eigenvalue weighted by Crippen LogP contribution is -2.53. The minimum Gasteiger partial charge on any atom is -0.339 e. The van der Waals surface area contributed by atoms with Gasteiger partial charge in [-0.05, 0) is 48.0 Å². The number of benzene rings is 2. The van der Waals surface area contributed by atoms with Crippen LogP contribution in [0.2, 0.25) is 0 Å². The number of likely N-dealkylation sites (tertiary alicyclic amines) is 1. The van der Waals surface area contributed by atoms with Crippen LogP contribution in [0.4, 0.5) is 0 Å². The molecule has 2 heterocycles. The van der Waals surface area contributed by atoms with Crippen molar-refractivity contribution in [3.8, 4) is 0 Å². The lowest BCUT2D eigenvalue weighted by molar-refractivity contribution is -0.143. The molecular weight excluding hydrogens is 490 g/mol. The van der Waals surface area contributed by atoms with Crippen LogP contribution < -0.4 is 0 Å². The van der Waals surface area contributed by atoms with Gasteiger partial charge in [-0.2, -0.15) is 0 Å². The maximum absolute atomic E-state index is 13.1. The molecule has 0 spiro atoms. The quantitative estimate of drug-likeness (QED) is 0.556. The molecule has 12 heteroatoms. The van der Waals surface area contributed by atoms with Gasteiger partial charge in [-0.15, -0.1) is 0 Å². The Morgan fingerprint density at radius 1 is 1.09 bits per heavy atom. The van der Waals surface area contributed by atoms with Crippen molar-refractivity contribution >= 4 is 54.2 Å². The number of carbonyl (C=O) groups excluding carboxylic acids is 2. The maximum atomic E-state index is 13.1. The molecule has 33 heavy (non-hydrogen) atoms. The second-order valence-corrected chi connectivity index (χ2v) is 12.9. The minimum atomic E-state index is -4.16. The summed E-state index contributed by atoms with van der Waals surface area (Å²) in [4.78, 5) is 28.6. The highest BCUT2D eigenvalue weighted by molar-refractivity contribution is 7.91. The van der Waals surface area contributed by atoms with E-state index in [-0.39, 0.29) is 48.4 Å². The Morgan fingerprint density at radius 3 is 2.39 bits per heavy atom. The number of sulfone groups is 1. The summed E-state index contributed by atoms with van der Waals surface area (Å²) in [6, 6.07) is 9.93. The fraction of sp³-hybridized carbons (Fsp3) is 0.429. The van der Waals surface area contributed by atoms with E-state index in [1.807, 2.05) is 12.1 Å². The molecule has 2 amide bonds. The third-order valence-electron chi connectivity index (χ3n) is 6.19. The molecule has 2 atom stereocenters. The molecule has 2 aliphatic heterocycles. The molecule has 178 valence electrons. The number of fused-ring (bicyclic) bond motifs is 1. The van der Waals surface area contributed by atoms with Crippen molar-refractivity contribution in [2.75, 3.05) is 31.1 Å². The highest BCUT2D eigenvalue weighted by atomic mass is 35.5. The molecule has 0 saturated carbocycles. The summed E-state index contributed by atoms with van der Waals surface area (Å²) >= 11 is 6.22. The normalized spacial score (nSPS) is 22.2. The molecule has 2 aromatic carbocycles. The second-order valence-electron chi connectivity index (χ2n) is 8.25. The van der Waals surface area contributed by atoms with E-state index in [4.69, 9.17) is 11.8 Å². The van der Waals surface area contributed by atoms with E-state index in [2.05, 4.69) is 0 Å². The SMILES string of the molecule is C[C@@H](C(=O)N1CCS(=O)(=O)CC1)N1CC[C@H](N(Cl)S(=O)(=O)c2ccc3ccccc3c2)C1=O. The number of hydrogen-bond donors (Lipinski definition) is 0. The Hall–Kier alpha value is -2.21. The van der Waals surface area contributed by atoms with Crippen molar-refractivity contribution in [2.45, 2.75) is 30.3 Å². The van der Waals surface area contributed by atoms with Gasteiger partial charge in [-0.25, -0.2) is 16.8 Å². The first-order valence-corrected chi connectivity index (χ1v) is 14.1. The largest absolute Gasteiger partial charge is 0.339 e. The second kappa shape index (κ2) is 8.86. The van der Waals surface area contributed by atoms with Crippen LogP contribution in [-0.4, -0.2) is 85.5 Å². The van der Waals surface area contributed by atoms with Crippen LogP contribution in [0, 0.1) is 0 Å². The standard InChI is InChI=1S/C21H24ClN3O6S2/c1-15(20(26)23-10-12-32(28,29)13-11-23)24-9-8-19(21(24)27)25(22)33(30,31)18-7-6-16-4-2-3-5-17(16)14-18/h2-7,14-15,19H,8-13H2,1H3/t15-,19-/m0/s1. The Bertz CT molecular complexity index is 1300. The van der Waals surface area contributed by atoms with Crippen LogP contribution in [0.15, 0.2) is 47.4 Å². The fourth-order valence-electron chi connectivity index (χ4n) is 4.19. The van der Waals surface area contributed by atoms with Gasteiger partial charge in [0.1, 0.15) is 12.1 Å². The summed E-state index contributed by atoms with van der Waals surface area (Å²) in [6.07, 6.45) is 0.140. The molecule has 0 bridgehead atoms. The first-order valence-electron chi connectivity index (χ1n) is 10.5. The molecule has 2 aromatic rings. The van der Waals surface area contributed by atoms with Gasteiger partial charge in [0.05, 0.1) is 16.4 Å². The fourth-order valence-corrected chi connectivity index (χ4v) is 7.05. The molecule has 0 aliphatic carbocycles. The number of hydrogen-bond acceptors (Lipinski definition) is 6. The first kappa shape index (κ1) is 23.9. The van der Waals surface area contributed by atoms with Gasteiger partial charge in [0.2, 0.25) is 11.8 Å². The van der Waals surface area contributed by atoms with Crippen molar-refractivity contribution in [1.29, 1.82) is 0 Å². The van der Waals surface area contributed by atoms with Gasteiger partial charge < -0.3 is 9.80 Å². The van der Waals surface area contributed by atoms with Crippen molar-refractivity contribution in [3.63, 3.8) is 0 Å². The molecule has 2 fully saturated rings. The highest BCUT2D eigenvalue weighted by Gasteiger charge is 2.45. The zero-order valence-corrected chi connectivity index (χ0v) is 20.3. The summed E-state index contributed by atoms with van der Waals surface area (Å²) in [5.41, 5.74) is 0. The Balaban J connectivity index is 1.48. The van der Waals surface area contributed by atoms with E-state index >= 15 is 0 Å². The van der Waals surface area contributed by atoms with E-state index in [0.29, 0.717) is 3.82 Å². The van der Waals surface area contributed by atoms with Crippen LogP contribution in [-0.2, 0) is 29.4 Å². The number of sulfonamides is 1. The monoisotopic (exact) mass is 513 g/mol. The topological polar surface area (TPSA) is 112 Å². The minimum absolute atomic E-state index is 0.0268. The molecule has 0 aromatic heterocycles. The molecule has 0 N–H and O–H groups in total. The summed E-state index contributed by atoms with van der Waals surface area (Å²) in [6.45, 7) is 1.88. The molecular formula is C21H24ClN3O6S2. The predicted octanol–water partition coefficient (Wildman–Crippen LogP) is 1.23. The summed E-state index contributed by atoms with van der Waals surface area (Å²) in [7, 11) is -7.31. The van der Waals surface area contributed by atoms with Crippen molar-refractivity contribution in [1.82, 2.24) is 13.6 Å². The number of rotatable bonds is 5. The number of nitrogens with zero attached hydrogens (tertiary/aromatic N) is 3. The van der Waals surface area contributed by atoms with Crippen LogP contribution in [0.5, 0.6) is 0 Å². The van der Waals surface area contributed by atoms with Gasteiger partial charge in [0.15, 0.2) is 9.84 Å². The number of carbonyl (C=O) groups is 2. The molecule has 4 rings (SSSR count). The third-order valence-corrected chi connectivity index (χ3v) is 10.1. The summed E-state index contributed by atoms with van der Waals surface area (Å²) in [5, 5.41) is 1.60. The maximum Gasteiger partial charge on any atom is 0.257 e. The van der Waals surface area contributed by atoms with E-state index in [9.17, 15) is 26.4 Å². The van der Waals surface area contributed by atoms with Crippen molar-refractivity contribution in [2.24, 2.45) is 0 Å². The van der Waals surface area contributed by atoms with Crippen molar-refractivity contribution < 1.29 is 26.4 Å². The van der Waals surface area contributed by atoms with Crippen LogP contribution >= 0.6 is 11.8 Å². The number of amides is 2. The molecule has 9 nitrogen and oxygen atoms in total. The lowest BCUT2D eigenvalue weighted by atomic mass is 10.1. The highest BCUT2D eigenvalue weighted by Crippen LogP contribution is 2.29. The Morgan fingerprint density at radius 2 is 1.73 bits per heavy atom. The zero-order chi connectivity index (χ0) is 24.0. The van der Waals surface area contributed by atoms with E-state index in [1.165, 1.54) is 21.9 Å². The summed E-state index contributed by atoms with van der Waals surface area (Å²) < 4.78 is 50.0. The molecule has 0 unspecified atom stereocenters. The van der Waals surface area contributed by atoms with E-state index in [1.54, 1.807) is 25.1 Å². The predicted molar refractivity (Wildman–Crippen MR) is 124 cm³/mol. The third kappa shape index (κ3) is 4.59. The van der Waals surface area contributed by atoms with Crippen LogP contribution in [0.25, 0.3) is 10.8 Å².